The molecule has 0 rings (SSSR count). The minimum Gasteiger partial charge on any atom is -0.481 e. The van der Waals surface area contributed by atoms with E-state index < -0.39 is 5.97 Å². The maximum absolute atomic E-state index is 11.8. The van der Waals surface area contributed by atoms with E-state index in [9.17, 15) is 9.59 Å². The van der Waals surface area contributed by atoms with Crippen molar-refractivity contribution in [1.82, 2.24) is 4.90 Å². The number of hydrogen-bond donors (Lipinski definition) is 1. The Morgan fingerprint density at radius 2 is 1.88 bits per heavy atom. The summed E-state index contributed by atoms with van der Waals surface area (Å²) in [7, 11) is 1.82. The fraction of sp³-hybridized carbons (Fsp3) is 0.833. The Morgan fingerprint density at radius 1 is 1.29 bits per heavy atom. The molecule has 0 saturated heterocycles. The molecule has 0 radical (unpaired) electrons. The van der Waals surface area contributed by atoms with E-state index in [4.69, 9.17) is 5.11 Å². The van der Waals surface area contributed by atoms with Crippen LogP contribution in [0.2, 0.25) is 0 Å². The minimum absolute atomic E-state index is 0.115. The number of nitrogens with zero attached hydrogens (tertiary/aromatic N) is 1. The number of carbonyl (C=O) groups excluding carboxylic acids is 1. The number of carbonyl (C=O) groups is 2. The first-order valence-corrected chi connectivity index (χ1v) is 7.34. The van der Waals surface area contributed by atoms with Crippen LogP contribution in [0.4, 0.5) is 0 Å². The molecule has 0 aromatic heterocycles. The Labute approximate surface area is 108 Å². The predicted molar refractivity (Wildman–Crippen MR) is 71.3 cm³/mol. The number of unbranched alkanes of at least 4 members (excludes halogenated alkanes) is 1. The van der Waals surface area contributed by atoms with E-state index in [0.29, 0.717) is 19.3 Å². The SMILES string of the molecule is CSCCC(C)N(C)C(=O)CCCCC(=O)O. The second-order valence-corrected chi connectivity index (χ2v) is 5.22. The summed E-state index contributed by atoms with van der Waals surface area (Å²) in [5.74, 6) is 0.376. The van der Waals surface area contributed by atoms with Crippen molar-refractivity contribution in [2.75, 3.05) is 19.1 Å². The van der Waals surface area contributed by atoms with Crippen LogP contribution in [0.5, 0.6) is 0 Å². The van der Waals surface area contributed by atoms with Gasteiger partial charge in [0.15, 0.2) is 0 Å². The average Bonchev–Trinajstić information content (AvgIpc) is 2.30. The highest BCUT2D eigenvalue weighted by Gasteiger charge is 2.14. The normalized spacial score (nSPS) is 12.2. The van der Waals surface area contributed by atoms with Crippen molar-refractivity contribution in [2.45, 2.75) is 45.1 Å². The molecule has 0 aliphatic rings. The maximum Gasteiger partial charge on any atom is 0.303 e. The van der Waals surface area contributed by atoms with Gasteiger partial charge in [-0.05, 0) is 38.2 Å². The zero-order valence-electron chi connectivity index (χ0n) is 10.9. The van der Waals surface area contributed by atoms with Gasteiger partial charge in [-0.2, -0.15) is 11.8 Å². The fourth-order valence-electron chi connectivity index (χ4n) is 1.46. The molecule has 4 nitrogen and oxygen atoms in total. The third-order valence-corrected chi connectivity index (χ3v) is 3.47. The third kappa shape index (κ3) is 8.07. The summed E-state index contributed by atoms with van der Waals surface area (Å²) in [6.07, 6.45) is 4.89. The largest absolute Gasteiger partial charge is 0.481 e. The maximum atomic E-state index is 11.8. The predicted octanol–water partition coefficient (Wildman–Crippen LogP) is 2.23. The lowest BCUT2D eigenvalue weighted by atomic mass is 10.1. The molecule has 0 spiro atoms. The summed E-state index contributed by atoms with van der Waals surface area (Å²) in [6.45, 7) is 2.05. The van der Waals surface area contributed by atoms with Crippen LogP contribution in [-0.4, -0.2) is 47.0 Å². The highest BCUT2D eigenvalue weighted by molar-refractivity contribution is 7.98. The van der Waals surface area contributed by atoms with Gasteiger partial charge in [0.05, 0.1) is 0 Å². The zero-order valence-corrected chi connectivity index (χ0v) is 11.8. The zero-order chi connectivity index (χ0) is 13.3. The first-order chi connectivity index (χ1) is 7.99. The lowest BCUT2D eigenvalue weighted by molar-refractivity contribution is -0.137. The Bertz CT molecular complexity index is 246. The molecular weight excluding hydrogens is 238 g/mol. The van der Waals surface area contributed by atoms with Gasteiger partial charge in [0.1, 0.15) is 0 Å². The fourth-order valence-corrected chi connectivity index (χ4v) is 2.03. The molecule has 0 aromatic carbocycles. The van der Waals surface area contributed by atoms with E-state index in [2.05, 4.69) is 6.26 Å². The summed E-state index contributed by atoms with van der Waals surface area (Å²) in [6, 6.07) is 0.259. The van der Waals surface area contributed by atoms with E-state index >= 15 is 0 Å². The number of carboxylic acids is 1. The van der Waals surface area contributed by atoms with E-state index in [-0.39, 0.29) is 18.4 Å². The molecule has 1 N–H and O–H groups in total. The Hall–Kier alpha value is -0.710. The van der Waals surface area contributed by atoms with Crippen LogP contribution in [0.3, 0.4) is 0 Å². The van der Waals surface area contributed by atoms with Gasteiger partial charge in [-0.3, -0.25) is 9.59 Å². The van der Waals surface area contributed by atoms with Crippen LogP contribution in [0.1, 0.15) is 39.0 Å². The van der Waals surface area contributed by atoms with Crippen LogP contribution < -0.4 is 0 Å². The standard InChI is InChI=1S/C12H23NO3S/c1-10(8-9-17-3)13(2)11(14)6-4-5-7-12(15)16/h10H,4-9H2,1-3H3,(H,15,16). The van der Waals surface area contributed by atoms with Crippen molar-refractivity contribution in [3.05, 3.63) is 0 Å². The second kappa shape index (κ2) is 9.33. The number of hydrogen-bond acceptors (Lipinski definition) is 3. The first kappa shape index (κ1) is 16.3. The molecule has 0 fully saturated rings. The molecule has 0 aromatic rings. The van der Waals surface area contributed by atoms with Gasteiger partial charge in [0, 0.05) is 25.9 Å². The quantitative estimate of drug-likeness (QED) is 0.647. The van der Waals surface area contributed by atoms with Crippen molar-refractivity contribution in [1.29, 1.82) is 0 Å². The monoisotopic (exact) mass is 261 g/mol. The van der Waals surface area contributed by atoms with E-state index in [1.54, 1.807) is 16.7 Å². The molecular formula is C12H23NO3S. The smallest absolute Gasteiger partial charge is 0.303 e. The summed E-state index contributed by atoms with van der Waals surface area (Å²) in [5.41, 5.74) is 0. The van der Waals surface area contributed by atoms with E-state index in [1.807, 2.05) is 14.0 Å². The summed E-state index contributed by atoms with van der Waals surface area (Å²) < 4.78 is 0. The Kier molecular flexibility index (Phi) is 8.94. The summed E-state index contributed by atoms with van der Waals surface area (Å²) in [5, 5.41) is 8.48. The van der Waals surface area contributed by atoms with Crippen molar-refractivity contribution >= 4 is 23.6 Å². The molecule has 0 bridgehead atoms. The minimum atomic E-state index is -0.792. The molecule has 0 heterocycles. The highest BCUT2D eigenvalue weighted by Crippen LogP contribution is 2.09. The number of rotatable bonds is 9. The molecule has 0 saturated carbocycles. The molecule has 0 aliphatic carbocycles. The molecule has 1 atom stereocenters. The first-order valence-electron chi connectivity index (χ1n) is 5.95. The van der Waals surface area contributed by atoms with Crippen molar-refractivity contribution in [3.63, 3.8) is 0 Å². The molecule has 0 aliphatic heterocycles. The number of carboxylic acid groups (broad SMARTS) is 1. The van der Waals surface area contributed by atoms with Crippen LogP contribution >= 0.6 is 11.8 Å². The molecule has 100 valence electrons. The number of thioether (sulfide) groups is 1. The summed E-state index contributed by atoms with van der Waals surface area (Å²) in [4.78, 5) is 23.8. The summed E-state index contributed by atoms with van der Waals surface area (Å²) >= 11 is 1.78. The van der Waals surface area contributed by atoms with Gasteiger partial charge < -0.3 is 10.0 Å². The van der Waals surface area contributed by atoms with Crippen LogP contribution in [-0.2, 0) is 9.59 Å². The van der Waals surface area contributed by atoms with Crippen molar-refractivity contribution < 1.29 is 14.7 Å². The lowest BCUT2D eigenvalue weighted by Gasteiger charge is -2.24. The van der Waals surface area contributed by atoms with E-state index in [0.717, 1.165) is 12.2 Å². The third-order valence-electron chi connectivity index (χ3n) is 2.83. The van der Waals surface area contributed by atoms with Gasteiger partial charge in [-0.25, -0.2) is 0 Å². The van der Waals surface area contributed by atoms with Gasteiger partial charge in [0.25, 0.3) is 0 Å². The number of aliphatic carboxylic acids is 1. The molecule has 1 unspecified atom stereocenters. The molecule has 1 amide bonds. The van der Waals surface area contributed by atoms with Gasteiger partial charge in [-0.15, -0.1) is 0 Å². The van der Waals surface area contributed by atoms with Gasteiger partial charge in [-0.1, -0.05) is 0 Å². The number of amides is 1. The van der Waals surface area contributed by atoms with Gasteiger partial charge in [0.2, 0.25) is 5.91 Å². The highest BCUT2D eigenvalue weighted by atomic mass is 32.2. The Balaban J connectivity index is 3.76. The van der Waals surface area contributed by atoms with Crippen LogP contribution in [0.25, 0.3) is 0 Å². The topological polar surface area (TPSA) is 57.6 Å². The van der Waals surface area contributed by atoms with Crippen molar-refractivity contribution in [2.24, 2.45) is 0 Å². The van der Waals surface area contributed by atoms with Crippen molar-refractivity contribution in [3.8, 4) is 0 Å². The lowest BCUT2D eigenvalue weighted by Crippen LogP contribution is -2.35. The second-order valence-electron chi connectivity index (χ2n) is 4.24. The van der Waals surface area contributed by atoms with E-state index in [1.165, 1.54) is 0 Å². The Morgan fingerprint density at radius 3 is 2.41 bits per heavy atom. The van der Waals surface area contributed by atoms with Gasteiger partial charge >= 0.3 is 5.97 Å². The molecule has 5 heteroatoms. The average molecular weight is 261 g/mol. The molecule has 17 heavy (non-hydrogen) atoms. The van der Waals surface area contributed by atoms with Crippen LogP contribution in [0, 0.1) is 0 Å². The van der Waals surface area contributed by atoms with Crippen LogP contribution in [0.15, 0.2) is 0 Å².